The summed E-state index contributed by atoms with van der Waals surface area (Å²) in [5, 5.41) is 0. The molecule has 0 saturated carbocycles. The third-order valence-electron chi connectivity index (χ3n) is 2.58. The first-order chi connectivity index (χ1) is 6.16. The molecule has 0 radical (unpaired) electrons. The molecule has 1 fully saturated rings. The van der Waals surface area contributed by atoms with E-state index >= 15 is 0 Å². The van der Waals surface area contributed by atoms with Crippen molar-refractivity contribution in [2.45, 2.75) is 19.9 Å². The Kier molecular flexibility index (Phi) is 3.48. The van der Waals surface area contributed by atoms with E-state index in [2.05, 4.69) is 11.0 Å². The lowest BCUT2D eigenvalue weighted by molar-refractivity contribution is -0.138. The van der Waals surface area contributed by atoms with Crippen LogP contribution in [0.15, 0.2) is 12.2 Å². The van der Waals surface area contributed by atoms with Gasteiger partial charge in [0.05, 0.1) is 6.04 Å². The van der Waals surface area contributed by atoms with E-state index in [9.17, 15) is 4.79 Å². The summed E-state index contributed by atoms with van der Waals surface area (Å²) in [7, 11) is 1.87. The van der Waals surface area contributed by atoms with Gasteiger partial charge < -0.3 is 4.90 Å². The Morgan fingerprint density at radius 3 is 2.85 bits per heavy atom. The van der Waals surface area contributed by atoms with Gasteiger partial charge in [-0.15, -0.1) is 0 Å². The Labute approximate surface area is 80.0 Å². The van der Waals surface area contributed by atoms with E-state index in [0.29, 0.717) is 0 Å². The number of allylic oxidation sites excluding steroid dienone is 1. The van der Waals surface area contributed by atoms with E-state index in [0.717, 1.165) is 19.6 Å². The van der Waals surface area contributed by atoms with E-state index < -0.39 is 0 Å². The second-order valence-electron chi connectivity index (χ2n) is 3.50. The number of hydrogen-bond donors (Lipinski definition) is 0. The van der Waals surface area contributed by atoms with Crippen LogP contribution in [-0.4, -0.2) is 48.4 Å². The van der Waals surface area contributed by atoms with Gasteiger partial charge in [-0.1, -0.05) is 12.2 Å². The summed E-state index contributed by atoms with van der Waals surface area (Å²) in [5.41, 5.74) is 0. The van der Waals surface area contributed by atoms with E-state index in [1.165, 1.54) is 0 Å². The fourth-order valence-electron chi connectivity index (χ4n) is 1.55. The van der Waals surface area contributed by atoms with Gasteiger partial charge in [0, 0.05) is 26.7 Å². The molecule has 0 aromatic rings. The lowest BCUT2D eigenvalue weighted by Gasteiger charge is -2.36. The number of carbonyl (C=O) groups is 1. The molecule has 0 aromatic carbocycles. The molecule has 1 amide bonds. The van der Waals surface area contributed by atoms with Crippen molar-refractivity contribution in [2.24, 2.45) is 0 Å². The van der Waals surface area contributed by atoms with Crippen LogP contribution in [0.5, 0.6) is 0 Å². The molecule has 13 heavy (non-hydrogen) atoms. The lowest BCUT2D eigenvalue weighted by atomic mass is 10.2. The number of rotatable bonds is 2. The maximum atomic E-state index is 11.6. The number of hydrogen-bond acceptors (Lipinski definition) is 2. The van der Waals surface area contributed by atoms with Crippen LogP contribution in [0.3, 0.4) is 0 Å². The molecule has 0 spiro atoms. The molecule has 3 nitrogen and oxygen atoms in total. The van der Waals surface area contributed by atoms with Crippen molar-refractivity contribution in [3.05, 3.63) is 12.2 Å². The Morgan fingerprint density at radius 1 is 1.54 bits per heavy atom. The second-order valence-corrected chi connectivity index (χ2v) is 3.50. The smallest absolute Gasteiger partial charge is 0.239 e. The molecule has 0 aliphatic carbocycles. The van der Waals surface area contributed by atoms with Gasteiger partial charge >= 0.3 is 0 Å². The first-order valence-corrected chi connectivity index (χ1v) is 4.77. The highest BCUT2D eigenvalue weighted by Crippen LogP contribution is 2.08. The van der Waals surface area contributed by atoms with Crippen LogP contribution in [-0.2, 0) is 4.79 Å². The highest BCUT2D eigenvalue weighted by Gasteiger charge is 2.27. The maximum Gasteiger partial charge on any atom is 0.239 e. The van der Waals surface area contributed by atoms with Crippen molar-refractivity contribution in [1.29, 1.82) is 0 Å². The molecule has 0 bridgehead atoms. The molecule has 1 atom stereocenters. The minimum atomic E-state index is 0.0370. The highest BCUT2D eigenvalue weighted by atomic mass is 16.2. The molecule has 0 N–H and O–H groups in total. The maximum absolute atomic E-state index is 11.6. The van der Waals surface area contributed by atoms with Crippen LogP contribution in [0.1, 0.15) is 13.8 Å². The van der Waals surface area contributed by atoms with Crippen LogP contribution < -0.4 is 0 Å². The van der Waals surface area contributed by atoms with E-state index in [4.69, 9.17) is 0 Å². The minimum Gasteiger partial charge on any atom is -0.343 e. The van der Waals surface area contributed by atoms with Crippen LogP contribution in [0, 0.1) is 0 Å². The summed E-state index contributed by atoms with van der Waals surface area (Å²) in [4.78, 5) is 15.6. The van der Waals surface area contributed by atoms with Crippen molar-refractivity contribution < 1.29 is 4.79 Å². The average Bonchev–Trinajstić information content (AvgIpc) is 2.13. The molecular weight excluding hydrogens is 164 g/mol. The topological polar surface area (TPSA) is 23.6 Å². The summed E-state index contributed by atoms with van der Waals surface area (Å²) in [6.45, 7) is 6.69. The molecular formula is C10H18N2O. The van der Waals surface area contributed by atoms with Gasteiger partial charge in [0.2, 0.25) is 5.91 Å². The van der Waals surface area contributed by atoms with Crippen LogP contribution in [0.4, 0.5) is 0 Å². The zero-order valence-corrected chi connectivity index (χ0v) is 8.66. The number of carbonyl (C=O) groups excluding carboxylic acids is 1. The van der Waals surface area contributed by atoms with Crippen molar-refractivity contribution in [3.63, 3.8) is 0 Å². The number of likely N-dealkylation sites (N-methyl/N-ethyl adjacent to an activating group) is 1. The molecule has 74 valence electrons. The van der Waals surface area contributed by atoms with Gasteiger partial charge in [0.1, 0.15) is 0 Å². The summed E-state index contributed by atoms with van der Waals surface area (Å²) in [6.07, 6.45) is 4.12. The van der Waals surface area contributed by atoms with Crippen LogP contribution >= 0.6 is 0 Å². The monoisotopic (exact) mass is 182 g/mol. The molecule has 1 heterocycles. The second kappa shape index (κ2) is 4.42. The first-order valence-electron chi connectivity index (χ1n) is 4.77. The molecule has 1 aliphatic heterocycles. The predicted octanol–water partition coefficient (Wildman–Crippen LogP) is 0.725. The van der Waals surface area contributed by atoms with Gasteiger partial charge in [-0.25, -0.2) is 0 Å². The molecule has 0 aromatic heterocycles. The molecule has 1 aliphatic rings. The predicted molar refractivity (Wildman–Crippen MR) is 53.5 cm³/mol. The van der Waals surface area contributed by atoms with Gasteiger partial charge in [-0.2, -0.15) is 0 Å². The Morgan fingerprint density at radius 2 is 2.23 bits per heavy atom. The molecule has 1 rings (SSSR count). The highest BCUT2D eigenvalue weighted by molar-refractivity contribution is 5.81. The normalized spacial score (nSPS) is 25.9. The Bertz CT molecular complexity index is 213. The number of nitrogens with zero attached hydrogens (tertiary/aromatic N) is 2. The van der Waals surface area contributed by atoms with Gasteiger partial charge in [0.25, 0.3) is 0 Å². The Hall–Kier alpha value is -0.830. The third kappa shape index (κ3) is 2.31. The minimum absolute atomic E-state index is 0.0370. The van der Waals surface area contributed by atoms with E-state index in [1.54, 1.807) is 4.90 Å². The van der Waals surface area contributed by atoms with Gasteiger partial charge in [-0.3, -0.25) is 9.69 Å². The first kappa shape index (κ1) is 10.3. The van der Waals surface area contributed by atoms with Crippen LogP contribution in [0.2, 0.25) is 0 Å². The quantitative estimate of drug-likeness (QED) is 0.588. The molecule has 1 saturated heterocycles. The SMILES string of the molecule is C/C=C/CN1CCN(C)C(=O)C1C. The summed E-state index contributed by atoms with van der Waals surface area (Å²) in [5.74, 6) is 0.232. The summed E-state index contributed by atoms with van der Waals surface area (Å²) >= 11 is 0. The lowest BCUT2D eigenvalue weighted by Crippen LogP contribution is -2.54. The number of amides is 1. The van der Waals surface area contributed by atoms with Crippen LogP contribution in [0.25, 0.3) is 0 Å². The average molecular weight is 182 g/mol. The van der Waals surface area contributed by atoms with Crippen molar-refractivity contribution in [3.8, 4) is 0 Å². The van der Waals surface area contributed by atoms with Gasteiger partial charge in [0.15, 0.2) is 0 Å². The van der Waals surface area contributed by atoms with Crippen molar-refractivity contribution >= 4 is 5.91 Å². The Balaban J connectivity index is 2.53. The van der Waals surface area contributed by atoms with Crippen molar-refractivity contribution in [1.82, 2.24) is 9.80 Å². The standard InChI is InChI=1S/C10H18N2O/c1-4-5-6-12-8-7-11(3)10(13)9(12)2/h4-5,9H,6-8H2,1-3H3/b5-4+. The summed E-state index contributed by atoms with van der Waals surface area (Å²) < 4.78 is 0. The third-order valence-corrected chi connectivity index (χ3v) is 2.58. The van der Waals surface area contributed by atoms with Gasteiger partial charge in [-0.05, 0) is 13.8 Å². The molecule has 3 heteroatoms. The summed E-state index contributed by atoms with van der Waals surface area (Å²) in [6, 6.07) is 0.0370. The largest absolute Gasteiger partial charge is 0.343 e. The fourth-order valence-corrected chi connectivity index (χ4v) is 1.55. The van der Waals surface area contributed by atoms with Crippen molar-refractivity contribution in [2.75, 3.05) is 26.7 Å². The van der Waals surface area contributed by atoms with E-state index in [1.807, 2.05) is 27.0 Å². The fraction of sp³-hybridized carbons (Fsp3) is 0.700. The zero-order chi connectivity index (χ0) is 9.84. The molecule has 1 unspecified atom stereocenters. The van der Waals surface area contributed by atoms with E-state index in [-0.39, 0.29) is 11.9 Å². The zero-order valence-electron chi connectivity index (χ0n) is 8.66. The number of piperazine rings is 1.